The molecular formula is C14H14ClN3S. The number of nitrogens with zero attached hydrogens (tertiary/aromatic N) is 3. The molecule has 0 aromatic carbocycles. The lowest BCUT2D eigenvalue weighted by Crippen LogP contribution is -2.31. The van der Waals surface area contributed by atoms with Gasteiger partial charge in [0.25, 0.3) is 0 Å². The van der Waals surface area contributed by atoms with Gasteiger partial charge in [-0.05, 0) is 30.5 Å². The van der Waals surface area contributed by atoms with Gasteiger partial charge in [0.15, 0.2) is 0 Å². The van der Waals surface area contributed by atoms with Crippen LogP contribution in [0.15, 0.2) is 29.6 Å². The Labute approximate surface area is 122 Å². The zero-order valence-electron chi connectivity index (χ0n) is 10.8. The summed E-state index contributed by atoms with van der Waals surface area (Å²) in [7, 11) is 1.97. The average molecular weight is 292 g/mol. The van der Waals surface area contributed by atoms with E-state index in [0.717, 1.165) is 12.2 Å². The molecule has 0 radical (unpaired) electrons. The molecule has 98 valence electrons. The normalized spacial score (nSPS) is 11.9. The van der Waals surface area contributed by atoms with Crippen molar-refractivity contribution in [2.24, 2.45) is 0 Å². The van der Waals surface area contributed by atoms with Crippen LogP contribution in [0.1, 0.15) is 17.4 Å². The molecule has 5 heteroatoms. The Hall–Kier alpha value is -1.57. The van der Waals surface area contributed by atoms with Gasteiger partial charge >= 0.3 is 0 Å². The fourth-order valence-electron chi connectivity index (χ4n) is 1.81. The predicted molar refractivity (Wildman–Crippen MR) is 79.9 cm³/mol. The van der Waals surface area contributed by atoms with E-state index in [1.165, 1.54) is 4.88 Å². The fraction of sp³-hybridized carbons (Fsp3) is 0.286. The maximum atomic E-state index is 8.96. The van der Waals surface area contributed by atoms with Crippen LogP contribution >= 0.6 is 22.9 Å². The standard InChI is InChI=1S/C14H14ClN3S/c1-10(6-12-4-3-5-19-12)18(2)14-8-11(9-16)7-13(15)17-14/h3-5,7-8,10H,6H2,1-2H3. The van der Waals surface area contributed by atoms with Gasteiger partial charge in [-0.15, -0.1) is 11.3 Å². The first-order chi connectivity index (χ1) is 9.10. The lowest BCUT2D eigenvalue weighted by Gasteiger charge is -2.25. The molecule has 2 heterocycles. The largest absolute Gasteiger partial charge is 0.357 e. The van der Waals surface area contributed by atoms with Gasteiger partial charge in [-0.2, -0.15) is 5.26 Å². The van der Waals surface area contributed by atoms with Gasteiger partial charge in [-0.1, -0.05) is 17.7 Å². The summed E-state index contributed by atoms with van der Waals surface area (Å²) >= 11 is 7.68. The van der Waals surface area contributed by atoms with E-state index >= 15 is 0 Å². The summed E-state index contributed by atoms with van der Waals surface area (Å²) in [4.78, 5) is 7.66. The molecule has 1 atom stereocenters. The smallest absolute Gasteiger partial charge is 0.132 e. The minimum Gasteiger partial charge on any atom is -0.357 e. The molecule has 0 amide bonds. The summed E-state index contributed by atoms with van der Waals surface area (Å²) in [6, 6.07) is 9.90. The molecule has 0 saturated carbocycles. The molecule has 0 fully saturated rings. The molecule has 0 aliphatic heterocycles. The van der Waals surface area contributed by atoms with E-state index < -0.39 is 0 Å². The minimum atomic E-state index is 0.288. The van der Waals surface area contributed by atoms with Gasteiger partial charge in [0, 0.05) is 24.4 Å². The molecule has 2 aromatic rings. The first kappa shape index (κ1) is 13.9. The molecule has 0 aliphatic carbocycles. The van der Waals surface area contributed by atoms with Crippen molar-refractivity contribution >= 4 is 28.8 Å². The molecule has 0 saturated heterocycles. The first-order valence-electron chi connectivity index (χ1n) is 5.93. The van der Waals surface area contributed by atoms with E-state index in [1.807, 2.05) is 11.9 Å². The molecule has 3 nitrogen and oxygen atoms in total. The first-order valence-corrected chi connectivity index (χ1v) is 7.19. The van der Waals surface area contributed by atoms with E-state index in [1.54, 1.807) is 23.5 Å². The van der Waals surface area contributed by atoms with Crippen LogP contribution in [0.3, 0.4) is 0 Å². The van der Waals surface area contributed by atoms with Gasteiger partial charge in [0.2, 0.25) is 0 Å². The van der Waals surface area contributed by atoms with Crippen LogP contribution in [0.4, 0.5) is 5.82 Å². The Morgan fingerprint density at radius 2 is 2.32 bits per heavy atom. The second kappa shape index (κ2) is 6.05. The van der Waals surface area contributed by atoms with Gasteiger partial charge in [-0.25, -0.2) is 4.98 Å². The van der Waals surface area contributed by atoms with Crippen molar-refractivity contribution < 1.29 is 0 Å². The number of hydrogen-bond acceptors (Lipinski definition) is 4. The summed E-state index contributed by atoms with van der Waals surface area (Å²) in [6.07, 6.45) is 0.949. The highest BCUT2D eigenvalue weighted by atomic mass is 35.5. The highest BCUT2D eigenvalue weighted by Crippen LogP contribution is 2.21. The number of pyridine rings is 1. The lowest BCUT2D eigenvalue weighted by atomic mass is 10.2. The van der Waals surface area contributed by atoms with Gasteiger partial charge in [0.05, 0.1) is 11.6 Å². The molecule has 0 aliphatic rings. The number of likely N-dealkylation sites (N-methyl/N-ethyl adjacent to an activating group) is 1. The van der Waals surface area contributed by atoms with E-state index in [-0.39, 0.29) is 6.04 Å². The molecule has 0 N–H and O–H groups in total. The van der Waals surface area contributed by atoms with E-state index in [2.05, 4.69) is 35.5 Å². The van der Waals surface area contributed by atoms with Crippen molar-refractivity contribution in [2.45, 2.75) is 19.4 Å². The van der Waals surface area contributed by atoms with Crippen LogP contribution in [0, 0.1) is 11.3 Å². The lowest BCUT2D eigenvalue weighted by molar-refractivity contribution is 0.680. The number of hydrogen-bond donors (Lipinski definition) is 0. The zero-order chi connectivity index (χ0) is 13.8. The number of thiophene rings is 1. The quantitative estimate of drug-likeness (QED) is 0.806. The predicted octanol–water partition coefficient (Wildman–Crippen LogP) is 3.74. The summed E-state index contributed by atoms with van der Waals surface area (Å²) in [5, 5.41) is 11.4. The summed E-state index contributed by atoms with van der Waals surface area (Å²) < 4.78 is 0. The van der Waals surface area contributed by atoms with E-state index in [4.69, 9.17) is 16.9 Å². The van der Waals surface area contributed by atoms with Crippen LogP contribution in [0.2, 0.25) is 5.15 Å². The van der Waals surface area contributed by atoms with Crippen molar-refractivity contribution in [1.82, 2.24) is 4.98 Å². The highest BCUT2D eigenvalue weighted by molar-refractivity contribution is 7.09. The Kier molecular flexibility index (Phi) is 4.41. The number of aromatic nitrogens is 1. The third kappa shape index (κ3) is 3.46. The average Bonchev–Trinajstić information content (AvgIpc) is 2.89. The number of nitriles is 1. The van der Waals surface area contributed by atoms with Crippen LogP contribution in [-0.4, -0.2) is 18.1 Å². The Morgan fingerprint density at radius 3 is 2.95 bits per heavy atom. The van der Waals surface area contributed by atoms with Gasteiger partial charge in [0.1, 0.15) is 11.0 Å². The number of anilines is 1. The Balaban J connectivity index is 2.17. The molecule has 1 unspecified atom stereocenters. The molecular weight excluding hydrogens is 278 g/mol. The molecule has 19 heavy (non-hydrogen) atoms. The molecule has 2 rings (SSSR count). The minimum absolute atomic E-state index is 0.288. The van der Waals surface area contributed by atoms with E-state index in [0.29, 0.717) is 10.7 Å². The second-order valence-corrected chi connectivity index (χ2v) is 5.81. The van der Waals surface area contributed by atoms with Gasteiger partial charge < -0.3 is 4.90 Å². The Morgan fingerprint density at radius 1 is 1.53 bits per heavy atom. The number of halogens is 1. The third-order valence-electron chi connectivity index (χ3n) is 3.01. The fourth-order valence-corrected chi connectivity index (χ4v) is 2.84. The van der Waals surface area contributed by atoms with E-state index in [9.17, 15) is 0 Å². The van der Waals surface area contributed by atoms with Crippen molar-refractivity contribution in [2.75, 3.05) is 11.9 Å². The van der Waals surface area contributed by atoms with Crippen LogP contribution in [0.5, 0.6) is 0 Å². The second-order valence-electron chi connectivity index (χ2n) is 4.39. The highest BCUT2D eigenvalue weighted by Gasteiger charge is 2.14. The zero-order valence-corrected chi connectivity index (χ0v) is 12.4. The molecule has 2 aromatic heterocycles. The van der Waals surface area contributed by atoms with Crippen molar-refractivity contribution in [3.8, 4) is 6.07 Å². The number of rotatable bonds is 4. The van der Waals surface area contributed by atoms with Crippen LogP contribution in [0.25, 0.3) is 0 Å². The van der Waals surface area contributed by atoms with Crippen LogP contribution < -0.4 is 4.90 Å². The Bertz CT molecular complexity index is 589. The summed E-state index contributed by atoms with van der Waals surface area (Å²) in [5.74, 6) is 0.730. The SMILES string of the molecule is CC(Cc1cccs1)N(C)c1cc(C#N)cc(Cl)n1. The van der Waals surface area contributed by atoms with Crippen molar-refractivity contribution in [3.63, 3.8) is 0 Å². The van der Waals surface area contributed by atoms with Crippen molar-refractivity contribution in [3.05, 3.63) is 45.2 Å². The summed E-state index contributed by atoms with van der Waals surface area (Å²) in [6.45, 7) is 2.13. The van der Waals surface area contributed by atoms with Crippen LogP contribution in [-0.2, 0) is 6.42 Å². The maximum absolute atomic E-state index is 8.96. The summed E-state index contributed by atoms with van der Waals surface area (Å²) in [5.41, 5.74) is 0.533. The molecule has 0 bridgehead atoms. The van der Waals surface area contributed by atoms with Crippen molar-refractivity contribution in [1.29, 1.82) is 5.26 Å². The topological polar surface area (TPSA) is 39.9 Å². The maximum Gasteiger partial charge on any atom is 0.132 e. The third-order valence-corrected chi connectivity index (χ3v) is 4.10. The van der Waals surface area contributed by atoms with Gasteiger partial charge in [-0.3, -0.25) is 0 Å². The molecule has 0 spiro atoms. The monoisotopic (exact) mass is 291 g/mol.